The molecule has 0 unspecified atom stereocenters. The van der Waals surface area contributed by atoms with E-state index in [4.69, 9.17) is 13.9 Å². The zero-order valence-electron chi connectivity index (χ0n) is 19.6. The van der Waals surface area contributed by atoms with E-state index < -0.39 is 16.0 Å². The number of amides is 1. The quantitative estimate of drug-likeness (QED) is 0.581. The first-order valence-electron chi connectivity index (χ1n) is 11.1. The molecule has 1 amide bonds. The fraction of sp³-hybridized carbons (Fsp3) is 0.478. The largest absolute Gasteiger partial charge is 0.465 e. The summed E-state index contributed by atoms with van der Waals surface area (Å²) in [6.45, 7) is 6.76. The number of aryl methyl sites for hydroxylation is 2. The molecule has 4 rings (SSSR count). The topological polar surface area (TPSA) is 110 Å². The van der Waals surface area contributed by atoms with Crippen molar-refractivity contribution >= 4 is 27.6 Å². The van der Waals surface area contributed by atoms with E-state index in [1.54, 1.807) is 17.0 Å². The zero-order chi connectivity index (χ0) is 24.5. The smallest absolute Gasteiger partial charge is 0.342 e. The van der Waals surface area contributed by atoms with E-state index in [9.17, 15) is 18.0 Å². The van der Waals surface area contributed by atoms with Gasteiger partial charge >= 0.3 is 5.97 Å². The van der Waals surface area contributed by atoms with Crippen LogP contribution in [0.15, 0.2) is 33.6 Å². The number of methoxy groups -OCH3 is 1. The van der Waals surface area contributed by atoms with Crippen LogP contribution in [0.1, 0.15) is 32.2 Å². The minimum Gasteiger partial charge on any atom is -0.465 e. The maximum Gasteiger partial charge on any atom is 0.342 e. The predicted molar refractivity (Wildman–Crippen MR) is 124 cm³/mol. The lowest BCUT2D eigenvalue weighted by Crippen LogP contribution is -2.50. The second kappa shape index (κ2) is 9.77. The summed E-state index contributed by atoms with van der Waals surface area (Å²) in [5, 5.41) is 0. The fourth-order valence-corrected chi connectivity index (χ4v) is 6.18. The van der Waals surface area contributed by atoms with Crippen LogP contribution in [0, 0.1) is 13.8 Å². The Morgan fingerprint density at radius 3 is 2.12 bits per heavy atom. The summed E-state index contributed by atoms with van der Waals surface area (Å²) in [6.07, 6.45) is 0. The number of furan rings is 1. The molecule has 0 saturated carbocycles. The first-order chi connectivity index (χ1) is 16.2. The molecule has 1 aromatic heterocycles. The molecule has 11 heteroatoms. The summed E-state index contributed by atoms with van der Waals surface area (Å²) in [4.78, 5) is 28.9. The van der Waals surface area contributed by atoms with Crippen molar-refractivity contribution in [1.82, 2.24) is 9.21 Å². The van der Waals surface area contributed by atoms with Crippen LogP contribution >= 0.6 is 0 Å². The van der Waals surface area contributed by atoms with Crippen molar-refractivity contribution in [2.75, 3.05) is 64.5 Å². The number of carbonyl (C=O) groups is 2. The molecule has 1 aromatic carbocycles. The van der Waals surface area contributed by atoms with Crippen molar-refractivity contribution < 1.29 is 31.9 Å². The van der Waals surface area contributed by atoms with E-state index in [0.29, 0.717) is 18.8 Å². The molecule has 2 aliphatic rings. The van der Waals surface area contributed by atoms with Gasteiger partial charge in [-0.1, -0.05) is 0 Å². The van der Waals surface area contributed by atoms with Crippen molar-refractivity contribution in [3.05, 3.63) is 46.9 Å². The molecule has 0 atom stereocenters. The van der Waals surface area contributed by atoms with Gasteiger partial charge in [-0.3, -0.25) is 4.79 Å². The second-order valence-corrected chi connectivity index (χ2v) is 10.1. The number of nitrogens with zero attached hydrogens (tertiary/aromatic N) is 3. The van der Waals surface area contributed by atoms with Crippen LogP contribution in [-0.4, -0.2) is 89.1 Å². The maximum absolute atomic E-state index is 13.3. The van der Waals surface area contributed by atoms with Crippen LogP contribution in [0.4, 0.5) is 5.69 Å². The first kappa shape index (κ1) is 24.2. The number of anilines is 1. The van der Waals surface area contributed by atoms with E-state index in [2.05, 4.69) is 4.90 Å². The predicted octanol–water partition coefficient (Wildman–Crippen LogP) is 1.67. The molecule has 0 N–H and O–H groups in total. The summed E-state index contributed by atoms with van der Waals surface area (Å²) in [6, 6.07) is 7.46. The second-order valence-electron chi connectivity index (χ2n) is 8.25. The average Bonchev–Trinajstić information content (AvgIpc) is 3.18. The van der Waals surface area contributed by atoms with Crippen LogP contribution in [0.5, 0.6) is 0 Å². The van der Waals surface area contributed by atoms with Gasteiger partial charge in [0.1, 0.15) is 22.0 Å². The molecule has 0 bridgehead atoms. The third-order valence-corrected chi connectivity index (χ3v) is 8.26. The first-order valence-corrected chi connectivity index (χ1v) is 12.6. The molecule has 3 heterocycles. The van der Waals surface area contributed by atoms with Crippen LogP contribution in [0.25, 0.3) is 0 Å². The number of hydrogen-bond donors (Lipinski definition) is 0. The van der Waals surface area contributed by atoms with Crippen LogP contribution in [0.3, 0.4) is 0 Å². The third kappa shape index (κ3) is 4.55. The summed E-state index contributed by atoms with van der Waals surface area (Å²) in [5.74, 6) is -0.576. The number of piperazine rings is 1. The number of benzene rings is 1. The Morgan fingerprint density at radius 1 is 0.912 bits per heavy atom. The molecule has 34 heavy (non-hydrogen) atoms. The number of esters is 1. The number of sulfonamides is 1. The van der Waals surface area contributed by atoms with Gasteiger partial charge in [0, 0.05) is 50.5 Å². The van der Waals surface area contributed by atoms with Gasteiger partial charge < -0.3 is 23.7 Å². The number of hydrogen-bond acceptors (Lipinski definition) is 8. The highest BCUT2D eigenvalue weighted by Crippen LogP contribution is 2.30. The van der Waals surface area contributed by atoms with Crippen molar-refractivity contribution in [2.45, 2.75) is 18.7 Å². The summed E-state index contributed by atoms with van der Waals surface area (Å²) < 4.78 is 43.5. The summed E-state index contributed by atoms with van der Waals surface area (Å²) in [7, 11) is -2.81. The summed E-state index contributed by atoms with van der Waals surface area (Å²) in [5.41, 5.74) is 1.52. The standard InChI is InChI=1S/C23H29N3O7S/c1-16-20(23(28)31-3)21(17(2)33-16)34(29,30)26-10-8-25(9-11-26)22(27)18-4-6-19(7-5-18)24-12-14-32-15-13-24/h4-7H,8-15H2,1-3H3. The average molecular weight is 492 g/mol. The monoisotopic (exact) mass is 491 g/mol. The van der Waals surface area contributed by atoms with Gasteiger partial charge in [-0.2, -0.15) is 4.31 Å². The van der Waals surface area contributed by atoms with Gasteiger partial charge in [0.25, 0.3) is 5.91 Å². The zero-order valence-corrected chi connectivity index (χ0v) is 20.4. The van der Waals surface area contributed by atoms with Gasteiger partial charge in [-0.25, -0.2) is 13.2 Å². The molecular weight excluding hydrogens is 462 g/mol. The van der Waals surface area contributed by atoms with Gasteiger partial charge in [0.15, 0.2) is 0 Å². The van der Waals surface area contributed by atoms with E-state index in [1.807, 2.05) is 12.1 Å². The van der Waals surface area contributed by atoms with E-state index in [1.165, 1.54) is 25.3 Å². The number of carbonyl (C=O) groups excluding carboxylic acids is 2. The molecule has 0 radical (unpaired) electrons. The minimum atomic E-state index is -4.00. The van der Waals surface area contributed by atoms with Crippen LogP contribution in [-0.2, 0) is 19.5 Å². The van der Waals surface area contributed by atoms with Crippen molar-refractivity contribution in [3.63, 3.8) is 0 Å². The third-order valence-electron chi connectivity index (χ3n) is 6.21. The van der Waals surface area contributed by atoms with Crippen molar-refractivity contribution in [2.24, 2.45) is 0 Å². The highest BCUT2D eigenvalue weighted by molar-refractivity contribution is 7.89. The number of ether oxygens (including phenoxy) is 2. The summed E-state index contributed by atoms with van der Waals surface area (Å²) >= 11 is 0. The number of rotatable bonds is 5. The Labute approximate surface area is 199 Å². The SMILES string of the molecule is COC(=O)c1c(C)oc(C)c1S(=O)(=O)N1CCN(C(=O)c2ccc(N3CCOCC3)cc2)CC1. The Hall–Kier alpha value is -2.89. The molecular formula is C23H29N3O7S. The Bertz CT molecular complexity index is 1160. The van der Waals surface area contributed by atoms with Gasteiger partial charge in [-0.15, -0.1) is 0 Å². The molecule has 2 aromatic rings. The molecule has 0 aliphatic carbocycles. The molecule has 0 spiro atoms. The fourth-order valence-electron chi connectivity index (χ4n) is 4.39. The lowest BCUT2D eigenvalue weighted by molar-refractivity contribution is 0.0594. The lowest BCUT2D eigenvalue weighted by atomic mass is 10.1. The Morgan fingerprint density at radius 2 is 1.53 bits per heavy atom. The van der Waals surface area contributed by atoms with Crippen LogP contribution < -0.4 is 4.90 Å². The minimum absolute atomic E-state index is 0.0844. The van der Waals surface area contributed by atoms with Gasteiger partial charge in [0.05, 0.1) is 20.3 Å². The highest BCUT2D eigenvalue weighted by atomic mass is 32.2. The van der Waals surface area contributed by atoms with Crippen molar-refractivity contribution in [1.29, 1.82) is 0 Å². The Balaban J connectivity index is 1.44. The molecule has 10 nitrogen and oxygen atoms in total. The van der Waals surface area contributed by atoms with Crippen LogP contribution in [0.2, 0.25) is 0 Å². The maximum atomic E-state index is 13.3. The Kier molecular flexibility index (Phi) is 6.96. The number of morpholine rings is 1. The molecule has 2 saturated heterocycles. The van der Waals surface area contributed by atoms with E-state index in [-0.39, 0.29) is 54.1 Å². The van der Waals surface area contributed by atoms with Gasteiger partial charge in [0.2, 0.25) is 10.0 Å². The molecule has 184 valence electrons. The highest BCUT2D eigenvalue weighted by Gasteiger charge is 2.37. The lowest BCUT2D eigenvalue weighted by Gasteiger charge is -2.34. The van der Waals surface area contributed by atoms with Gasteiger partial charge in [-0.05, 0) is 38.1 Å². The van der Waals surface area contributed by atoms with E-state index in [0.717, 1.165) is 18.8 Å². The molecule has 2 fully saturated rings. The van der Waals surface area contributed by atoms with E-state index >= 15 is 0 Å². The van der Waals surface area contributed by atoms with Crippen molar-refractivity contribution in [3.8, 4) is 0 Å². The normalized spacial score (nSPS) is 17.6. The molecule has 2 aliphatic heterocycles.